The molecule has 0 spiro atoms. The number of aromatic nitrogens is 4. The fourth-order valence-corrected chi connectivity index (χ4v) is 16.1. The highest BCUT2D eigenvalue weighted by atomic mass is 35.5. The number of halogens is 4. The van der Waals surface area contributed by atoms with E-state index in [0.717, 1.165) is 130 Å². The summed E-state index contributed by atoms with van der Waals surface area (Å²) >= 11 is 31.2. The predicted octanol–water partition coefficient (Wildman–Crippen LogP) is 19.8. The third kappa shape index (κ3) is 14.1. The Kier molecular flexibility index (Phi) is 23.0. The molecule has 0 saturated carbocycles. The molecular formula is C71H68Cl4N8O4S4. The van der Waals surface area contributed by atoms with E-state index < -0.39 is 0 Å². The van der Waals surface area contributed by atoms with Crippen molar-refractivity contribution in [3.63, 3.8) is 0 Å². The number of aryl methyl sites for hydroxylation is 8. The van der Waals surface area contributed by atoms with E-state index in [1.807, 2.05) is 191 Å². The van der Waals surface area contributed by atoms with Crippen LogP contribution in [0.5, 0.6) is 0 Å². The second-order valence-electron chi connectivity index (χ2n) is 20.8. The summed E-state index contributed by atoms with van der Waals surface area (Å²) in [6.07, 6.45) is 0. The number of nitrogens with zero attached hydrogens (tertiary/aromatic N) is 4. The van der Waals surface area contributed by atoms with Crippen LogP contribution < -0.4 is 21.3 Å². The first-order chi connectivity index (χ1) is 43.2. The fourth-order valence-electron chi connectivity index (χ4n) is 10.6. The summed E-state index contributed by atoms with van der Waals surface area (Å²) in [6.45, 7) is 20.5. The first kappa shape index (κ1) is 69.3. The maximum absolute atomic E-state index is 12.5. The molecule has 91 heavy (non-hydrogen) atoms. The van der Waals surface area contributed by atoms with Crippen LogP contribution >= 0.6 is 91.8 Å². The second kappa shape index (κ2) is 30.2. The lowest BCUT2D eigenvalue weighted by Crippen LogP contribution is -2.22. The molecular weight excluding hydrogens is 1300 g/mol. The van der Waals surface area contributed by atoms with Gasteiger partial charge in [-0.25, -0.2) is 19.9 Å². The molecule has 0 aliphatic rings. The summed E-state index contributed by atoms with van der Waals surface area (Å²) in [4.78, 5) is 74.1. The highest BCUT2D eigenvalue weighted by Gasteiger charge is 2.28. The quantitative estimate of drug-likeness (QED) is 0.105. The Bertz CT molecular complexity index is 4410. The maximum Gasteiger partial charge on any atom is 0.262 e. The van der Waals surface area contributed by atoms with Crippen molar-refractivity contribution in [1.82, 2.24) is 41.2 Å². The minimum atomic E-state index is -0.102. The van der Waals surface area contributed by atoms with Gasteiger partial charge in [0.25, 0.3) is 23.6 Å². The van der Waals surface area contributed by atoms with E-state index in [-0.39, 0.29) is 31.1 Å². The van der Waals surface area contributed by atoms with Crippen LogP contribution in [0.1, 0.15) is 105 Å². The Morgan fingerprint density at radius 2 is 0.549 bits per heavy atom. The largest absolute Gasteiger partial charge is 0.354 e. The zero-order valence-corrected chi connectivity index (χ0v) is 57.8. The van der Waals surface area contributed by atoms with E-state index in [9.17, 15) is 19.2 Å². The lowest BCUT2D eigenvalue weighted by molar-refractivity contribution is 0.0952. The fraction of sp³-hybridized carbons (Fsp3) is 0.211. The second-order valence-corrected chi connectivity index (χ2v) is 26.3. The van der Waals surface area contributed by atoms with Crippen molar-refractivity contribution in [3.05, 3.63) is 206 Å². The van der Waals surface area contributed by atoms with Gasteiger partial charge in [0, 0.05) is 71.0 Å². The third-order valence-electron chi connectivity index (χ3n) is 14.9. The summed E-state index contributed by atoms with van der Waals surface area (Å²) in [5.74, 6) is -0.338. The molecule has 468 valence electrons. The number of nitrogens with one attached hydrogen (secondary N) is 4. The molecule has 0 aliphatic carbocycles. The molecule has 0 saturated heterocycles. The molecule has 4 aromatic carbocycles. The third-order valence-corrected chi connectivity index (χ3v) is 21.5. The van der Waals surface area contributed by atoms with Crippen molar-refractivity contribution < 1.29 is 19.2 Å². The number of amides is 4. The average molecular weight is 1370 g/mol. The van der Waals surface area contributed by atoms with Gasteiger partial charge in [0.05, 0.1) is 42.9 Å². The standard InChI is InChI=1S/2C18H17ClN2OS.2C17H15ClN2OS.CH4/c2*1-4-20-17(22)16-14(12-8-6-5-7-9-12)13-10(2)15(19)11(3)21-18(13)23-16;2*1-9-12-13(11-7-5-4-6-8-11)15(16(21)19-3)22-17(12)20-10(2)14(9)18;/h2*5-9H,4H2,1-3H3,(H,20,22);2*4-8H,1-3H3,(H,19,21);1H4. The van der Waals surface area contributed by atoms with Crippen LogP contribution in [0.3, 0.4) is 0 Å². The zero-order chi connectivity index (χ0) is 64.8. The number of hydrogen-bond acceptors (Lipinski definition) is 12. The number of carbonyl (C=O) groups is 4. The molecule has 0 fully saturated rings. The van der Waals surface area contributed by atoms with Crippen molar-refractivity contribution >= 4 is 156 Å². The monoisotopic (exact) mass is 1360 g/mol. The molecule has 12 aromatic rings. The van der Waals surface area contributed by atoms with Crippen LogP contribution in [0.2, 0.25) is 20.1 Å². The normalized spacial score (nSPS) is 10.8. The van der Waals surface area contributed by atoms with Gasteiger partial charge < -0.3 is 21.3 Å². The van der Waals surface area contributed by atoms with Crippen molar-refractivity contribution in [2.24, 2.45) is 0 Å². The average Bonchev–Trinajstić information content (AvgIpc) is 1.66. The van der Waals surface area contributed by atoms with Crippen molar-refractivity contribution in [3.8, 4) is 44.5 Å². The molecule has 8 heterocycles. The van der Waals surface area contributed by atoms with Crippen LogP contribution in [0.25, 0.3) is 85.4 Å². The van der Waals surface area contributed by atoms with Gasteiger partial charge in [0.2, 0.25) is 0 Å². The molecule has 0 radical (unpaired) electrons. The topological polar surface area (TPSA) is 168 Å². The van der Waals surface area contributed by atoms with Gasteiger partial charge in [0.15, 0.2) is 0 Å². The number of rotatable bonds is 10. The number of hydrogen-bond donors (Lipinski definition) is 4. The minimum Gasteiger partial charge on any atom is -0.354 e. The summed E-state index contributed by atoms with van der Waals surface area (Å²) in [5, 5.41) is 17.7. The first-order valence-corrected chi connectivity index (χ1v) is 33.5. The molecule has 0 unspecified atom stereocenters. The summed E-state index contributed by atoms with van der Waals surface area (Å²) in [5.41, 5.74) is 14.7. The Balaban J connectivity index is 0.000000156. The van der Waals surface area contributed by atoms with E-state index in [1.54, 1.807) is 14.1 Å². The molecule has 0 aliphatic heterocycles. The number of carbonyl (C=O) groups excluding carboxylic acids is 4. The molecule has 20 heteroatoms. The van der Waals surface area contributed by atoms with E-state index in [4.69, 9.17) is 46.4 Å². The van der Waals surface area contributed by atoms with Crippen molar-refractivity contribution in [1.29, 1.82) is 0 Å². The lowest BCUT2D eigenvalue weighted by atomic mass is 9.99. The van der Waals surface area contributed by atoms with Crippen LogP contribution in [-0.2, 0) is 0 Å². The van der Waals surface area contributed by atoms with Crippen LogP contribution in [0, 0.1) is 55.4 Å². The molecule has 12 nitrogen and oxygen atoms in total. The van der Waals surface area contributed by atoms with Gasteiger partial charge in [-0.1, -0.05) is 175 Å². The van der Waals surface area contributed by atoms with Gasteiger partial charge in [0.1, 0.15) is 38.8 Å². The molecule has 8 aromatic heterocycles. The lowest BCUT2D eigenvalue weighted by Gasteiger charge is -2.08. The summed E-state index contributed by atoms with van der Waals surface area (Å²) in [7, 11) is 3.28. The van der Waals surface area contributed by atoms with Gasteiger partial charge in [-0.05, 0) is 114 Å². The highest BCUT2D eigenvalue weighted by Crippen LogP contribution is 2.46. The van der Waals surface area contributed by atoms with E-state index in [0.29, 0.717) is 52.7 Å². The summed E-state index contributed by atoms with van der Waals surface area (Å²) in [6, 6.07) is 39.6. The van der Waals surface area contributed by atoms with Gasteiger partial charge in [-0.15, -0.1) is 45.3 Å². The van der Waals surface area contributed by atoms with Gasteiger partial charge in [-0.2, -0.15) is 0 Å². The number of thiophene rings is 4. The van der Waals surface area contributed by atoms with Crippen molar-refractivity contribution in [2.45, 2.75) is 76.7 Å². The van der Waals surface area contributed by atoms with Gasteiger partial charge >= 0.3 is 0 Å². The van der Waals surface area contributed by atoms with Crippen LogP contribution in [0.15, 0.2) is 121 Å². The first-order valence-electron chi connectivity index (χ1n) is 28.8. The number of pyridine rings is 4. The predicted molar refractivity (Wildman–Crippen MR) is 388 cm³/mol. The SMILES string of the molecule is C.CCNC(=O)c1sc2nc(C)c(Cl)c(C)c2c1-c1ccccc1.CCNC(=O)c1sc2nc(C)c(Cl)c(C)c2c1-c1ccccc1.CNC(=O)c1sc2nc(C)c(Cl)c(C)c2c1-c1ccccc1.CNC(=O)c1sc2nc(C)c(Cl)c(C)c2c1-c1ccccc1. The molecule has 4 N–H and O–H groups in total. The Morgan fingerprint density at radius 1 is 0.352 bits per heavy atom. The number of benzene rings is 4. The van der Waals surface area contributed by atoms with Gasteiger partial charge in [-0.3, -0.25) is 19.2 Å². The smallest absolute Gasteiger partial charge is 0.262 e. The van der Waals surface area contributed by atoms with E-state index in [1.165, 1.54) is 45.3 Å². The zero-order valence-electron chi connectivity index (χ0n) is 51.5. The van der Waals surface area contributed by atoms with Crippen LogP contribution in [0.4, 0.5) is 0 Å². The Morgan fingerprint density at radius 3 is 0.736 bits per heavy atom. The van der Waals surface area contributed by atoms with Crippen LogP contribution in [-0.4, -0.2) is 70.7 Å². The molecule has 0 bridgehead atoms. The molecule has 12 rings (SSSR count). The Hall–Kier alpha value is -7.64. The Labute approximate surface area is 566 Å². The highest BCUT2D eigenvalue weighted by molar-refractivity contribution is 7.22. The molecule has 4 amide bonds. The van der Waals surface area contributed by atoms with Crippen molar-refractivity contribution in [2.75, 3.05) is 27.2 Å². The molecule has 0 atom stereocenters. The minimum absolute atomic E-state index is 0. The number of fused-ring (bicyclic) bond motifs is 4. The van der Waals surface area contributed by atoms with E-state index >= 15 is 0 Å². The maximum atomic E-state index is 12.5. The summed E-state index contributed by atoms with van der Waals surface area (Å²) < 4.78 is 0. The van der Waals surface area contributed by atoms with E-state index in [2.05, 4.69) is 41.2 Å².